The maximum Gasteiger partial charge on any atom is 0.322 e. The van der Waals surface area contributed by atoms with E-state index in [2.05, 4.69) is 38.2 Å². The van der Waals surface area contributed by atoms with Crippen LogP contribution in [0.15, 0.2) is 42.6 Å². The zero-order chi connectivity index (χ0) is 31.6. The fourth-order valence-electron chi connectivity index (χ4n) is 9.90. The smallest absolute Gasteiger partial charge is 0.322 e. The number of rotatable bonds is 5. The fourth-order valence-corrected chi connectivity index (χ4v) is 11.1. The molecule has 3 aliphatic heterocycles. The first kappa shape index (κ1) is 30.0. The molecule has 4 aliphatic carbocycles. The number of hydrogen-bond donors (Lipinski definition) is 2. The van der Waals surface area contributed by atoms with Crippen LogP contribution in [0.5, 0.6) is 0 Å². The van der Waals surface area contributed by atoms with Crippen LogP contribution in [0.3, 0.4) is 0 Å². The van der Waals surface area contributed by atoms with Gasteiger partial charge in [0.15, 0.2) is 9.84 Å². The Hall–Kier alpha value is -3.38. The molecule has 4 heterocycles. The van der Waals surface area contributed by atoms with Crippen molar-refractivity contribution in [1.82, 2.24) is 15.2 Å². The molecule has 7 aliphatic rings. The zero-order valence-corrected chi connectivity index (χ0v) is 27.2. The lowest BCUT2D eigenvalue weighted by Crippen LogP contribution is -2.63. The van der Waals surface area contributed by atoms with Gasteiger partial charge >= 0.3 is 6.03 Å². The Balaban J connectivity index is 0.917. The molecular formula is C34H45N7O4S. The van der Waals surface area contributed by atoms with Gasteiger partial charge in [-0.1, -0.05) is 12.1 Å². The lowest BCUT2D eigenvalue weighted by atomic mass is 9.47. The number of para-hydroxylation sites is 2. The predicted molar refractivity (Wildman–Crippen MR) is 178 cm³/mol. The number of nitrogens with one attached hydrogen (secondary N) is 1. The Morgan fingerprint density at radius 2 is 1.57 bits per heavy atom. The summed E-state index contributed by atoms with van der Waals surface area (Å²) < 4.78 is 23.7. The van der Waals surface area contributed by atoms with Gasteiger partial charge in [-0.25, -0.2) is 18.2 Å². The van der Waals surface area contributed by atoms with Crippen LogP contribution in [0.1, 0.15) is 44.9 Å². The van der Waals surface area contributed by atoms with Crippen molar-refractivity contribution in [3.8, 4) is 0 Å². The monoisotopic (exact) mass is 647 g/mol. The number of pyridine rings is 1. The fraction of sp³-hybridized carbons (Fsp3) is 0.618. The summed E-state index contributed by atoms with van der Waals surface area (Å²) in [5.41, 5.74) is 8.47. The Bertz CT molecular complexity index is 1580. The summed E-state index contributed by atoms with van der Waals surface area (Å²) in [7, 11) is -2.86. The van der Waals surface area contributed by atoms with Crippen LogP contribution in [0, 0.1) is 23.2 Å². The number of hydrogen-bond acceptors (Lipinski definition) is 8. The quantitative estimate of drug-likeness (QED) is 0.506. The number of fused-ring (bicyclic) bond motifs is 1. The molecule has 1 aromatic heterocycles. The highest BCUT2D eigenvalue weighted by molar-refractivity contribution is 7.91. The number of carbonyl (C=O) groups is 2. The molecule has 1 aromatic carbocycles. The molecule has 246 valence electrons. The Labute approximate surface area is 271 Å². The third-order valence-corrected chi connectivity index (χ3v) is 13.7. The number of piperidine rings is 1. The highest BCUT2D eigenvalue weighted by Crippen LogP contribution is 2.60. The molecule has 6 fully saturated rings. The number of sulfone groups is 1. The van der Waals surface area contributed by atoms with Crippen LogP contribution in [-0.2, 0) is 14.6 Å². The number of carbonyl (C=O) groups excluding carboxylic acids is 2. The summed E-state index contributed by atoms with van der Waals surface area (Å²) in [5.74, 6) is 2.45. The van der Waals surface area contributed by atoms with Crippen molar-refractivity contribution in [2.24, 2.45) is 28.9 Å². The minimum Gasteiger partial charge on any atom is -0.370 e. The van der Waals surface area contributed by atoms with Crippen molar-refractivity contribution >= 4 is 44.7 Å². The molecule has 46 heavy (non-hydrogen) atoms. The molecule has 11 nitrogen and oxygen atoms in total. The van der Waals surface area contributed by atoms with E-state index in [4.69, 9.17) is 10.7 Å². The van der Waals surface area contributed by atoms with Gasteiger partial charge in [-0.3, -0.25) is 14.6 Å². The van der Waals surface area contributed by atoms with Crippen LogP contribution < -0.4 is 25.8 Å². The number of aromatic nitrogens is 1. The molecule has 12 heteroatoms. The maximum atomic E-state index is 13.8. The topological polar surface area (TPSA) is 132 Å². The van der Waals surface area contributed by atoms with Crippen LogP contribution in [0.2, 0.25) is 0 Å². The largest absolute Gasteiger partial charge is 0.370 e. The van der Waals surface area contributed by atoms with Crippen molar-refractivity contribution in [3.63, 3.8) is 0 Å². The summed E-state index contributed by atoms with van der Waals surface area (Å²) in [5, 5.41) is 3.42. The molecule has 3 amide bonds. The van der Waals surface area contributed by atoms with Crippen LogP contribution in [0.25, 0.3) is 0 Å². The minimum atomic E-state index is -2.86. The standard InChI is InChI=1S/C34H45N7O4S/c35-32(42)34-19-23-17-24(20-34)31(25(18-23)21-34)37-33(43)41-12-11-40(28-3-1-2-4-29(28)41)30-6-5-27(22-36-30)38-9-7-26(8-10-38)39-13-15-46(44,45)16-14-39/h1-6,22-26,31H,7-21H2,(H2,35,42)(H,37,43)/t23?,24?,25?,31-,34+. The van der Waals surface area contributed by atoms with Crippen LogP contribution in [-0.4, -0.2) is 93.1 Å². The number of benzene rings is 1. The Morgan fingerprint density at radius 3 is 2.22 bits per heavy atom. The Kier molecular flexibility index (Phi) is 7.43. The first-order valence-electron chi connectivity index (χ1n) is 17.1. The molecule has 2 aromatic rings. The molecule has 4 saturated carbocycles. The van der Waals surface area contributed by atoms with Crippen LogP contribution in [0.4, 0.5) is 27.7 Å². The van der Waals surface area contributed by atoms with E-state index in [1.165, 1.54) is 0 Å². The third-order valence-electron chi connectivity index (χ3n) is 12.1. The molecule has 2 atom stereocenters. The molecule has 2 unspecified atom stereocenters. The van der Waals surface area contributed by atoms with E-state index < -0.39 is 9.84 Å². The second kappa shape index (κ2) is 11.4. The van der Waals surface area contributed by atoms with Gasteiger partial charge in [-0.2, -0.15) is 0 Å². The van der Waals surface area contributed by atoms with E-state index in [-0.39, 0.29) is 34.9 Å². The Morgan fingerprint density at radius 1 is 0.870 bits per heavy atom. The van der Waals surface area contributed by atoms with Gasteiger partial charge in [0.2, 0.25) is 5.91 Å². The van der Waals surface area contributed by atoms with E-state index in [1.807, 2.05) is 29.3 Å². The van der Waals surface area contributed by atoms with Gasteiger partial charge in [0.05, 0.1) is 34.8 Å². The summed E-state index contributed by atoms with van der Waals surface area (Å²) in [6.45, 7) is 4.35. The van der Waals surface area contributed by atoms with Gasteiger partial charge in [-0.15, -0.1) is 0 Å². The highest BCUT2D eigenvalue weighted by Gasteiger charge is 2.58. The number of nitrogens with two attached hydrogens (primary N) is 1. The summed E-state index contributed by atoms with van der Waals surface area (Å²) >= 11 is 0. The lowest BCUT2D eigenvalue weighted by Gasteiger charge is -2.59. The average molecular weight is 648 g/mol. The number of amides is 3. The van der Waals surface area contributed by atoms with Crippen molar-refractivity contribution < 1.29 is 18.0 Å². The van der Waals surface area contributed by atoms with E-state index in [1.54, 1.807) is 0 Å². The number of anilines is 4. The van der Waals surface area contributed by atoms with Gasteiger partial charge in [-0.05, 0) is 87.0 Å². The molecule has 2 saturated heterocycles. The normalized spacial score (nSPS) is 32.3. The van der Waals surface area contributed by atoms with Crippen molar-refractivity contribution in [2.45, 2.75) is 57.0 Å². The summed E-state index contributed by atoms with van der Waals surface area (Å²) in [6.07, 6.45) is 8.67. The number of urea groups is 1. The molecular weight excluding hydrogens is 602 g/mol. The van der Waals surface area contributed by atoms with E-state index >= 15 is 0 Å². The van der Waals surface area contributed by atoms with Gasteiger partial charge in [0.1, 0.15) is 5.82 Å². The first-order valence-corrected chi connectivity index (χ1v) is 18.9. The molecule has 0 spiro atoms. The lowest BCUT2D eigenvalue weighted by molar-refractivity contribution is -0.145. The predicted octanol–water partition coefficient (Wildman–Crippen LogP) is 3.13. The molecule has 3 N–H and O–H groups in total. The number of primary amides is 1. The molecule has 0 radical (unpaired) electrons. The van der Waals surface area contributed by atoms with Gasteiger partial charge in [0, 0.05) is 56.8 Å². The van der Waals surface area contributed by atoms with E-state index in [0.717, 1.165) is 80.9 Å². The zero-order valence-electron chi connectivity index (χ0n) is 26.4. The van der Waals surface area contributed by atoms with Crippen molar-refractivity contribution in [1.29, 1.82) is 0 Å². The SMILES string of the molecule is NC(=O)[C@]12CC3CC(C1)[C@H](NC(=O)N1CCN(c4ccc(N5CCC(N6CCS(=O)(=O)CC6)CC5)cn4)c4ccccc41)C(C3)C2. The highest BCUT2D eigenvalue weighted by atomic mass is 32.2. The minimum absolute atomic E-state index is 0.0596. The second-order valence-corrected chi connectivity index (χ2v) is 17.0. The molecule has 4 bridgehead atoms. The van der Waals surface area contributed by atoms with E-state index in [0.29, 0.717) is 50.0 Å². The summed E-state index contributed by atoms with van der Waals surface area (Å²) in [4.78, 5) is 39.9. The van der Waals surface area contributed by atoms with Gasteiger partial charge in [0.25, 0.3) is 0 Å². The maximum absolute atomic E-state index is 13.8. The second-order valence-electron chi connectivity index (χ2n) is 14.7. The number of nitrogens with zero attached hydrogens (tertiary/aromatic N) is 5. The van der Waals surface area contributed by atoms with Crippen molar-refractivity contribution in [2.75, 3.05) is 65.5 Å². The summed E-state index contributed by atoms with van der Waals surface area (Å²) in [6, 6.07) is 12.7. The first-order chi connectivity index (χ1) is 22.2. The molecule has 9 rings (SSSR count). The van der Waals surface area contributed by atoms with Gasteiger partial charge < -0.3 is 20.9 Å². The van der Waals surface area contributed by atoms with Crippen molar-refractivity contribution in [3.05, 3.63) is 42.6 Å². The average Bonchev–Trinajstić information content (AvgIpc) is 3.06. The third kappa shape index (κ3) is 5.31. The van der Waals surface area contributed by atoms with Crippen LogP contribution >= 0.6 is 0 Å². The van der Waals surface area contributed by atoms with E-state index in [9.17, 15) is 18.0 Å².